The number of aryl methyl sites for hydroxylation is 1. The van der Waals surface area contributed by atoms with Gasteiger partial charge in [0.2, 0.25) is 0 Å². The van der Waals surface area contributed by atoms with Gasteiger partial charge >= 0.3 is 0 Å². The molecule has 2 unspecified atom stereocenters. The van der Waals surface area contributed by atoms with E-state index >= 15 is 0 Å². The quantitative estimate of drug-likeness (QED) is 0.810. The van der Waals surface area contributed by atoms with Crippen LogP contribution in [0.25, 0.3) is 0 Å². The molecular formula is C14H26N4O. The van der Waals surface area contributed by atoms with Gasteiger partial charge in [0.25, 0.3) is 0 Å². The van der Waals surface area contributed by atoms with Crippen molar-refractivity contribution < 1.29 is 4.74 Å². The van der Waals surface area contributed by atoms with Crippen LogP contribution in [-0.2, 0) is 11.3 Å². The van der Waals surface area contributed by atoms with Gasteiger partial charge in [0.05, 0.1) is 18.3 Å². The zero-order chi connectivity index (χ0) is 13.7. The normalized spacial score (nSPS) is 21.2. The van der Waals surface area contributed by atoms with Crippen molar-refractivity contribution in [3.05, 3.63) is 18.0 Å². The van der Waals surface area contributed by atoms with Gasteiger partial charge in [0.1, 0.15) is 0 Å². The Morgan fingerprint density at radius 2 is 2.42 bits per heavy atom. The van der Waals surface area contributed by atoms with Crippen LogP contribution >= 0.6 is 0 Å². The number of hydrogen-bond acceptors (Lipinski definition) is 4. The van der Waals surface area contributed by atoms with Crippen molar-refractivity contribution in [2.75, 3.05) is 26.2 Å². The molecule has 0 saturated carbocycles. The Balaban J connectivity index is 2.04. The van der Waals surface area contributed by atoms with Crippen LogP contribution in [0.15, 0.2) is 12.4 Å². The lowest BCUT2D eigenvalue weighted by molar-refractivity contribution is 0.0601. The van der Waals surface area contributed by atoms with Crippen molar-refractivity contribution in [1.29, 1.82) is 0 Å². The van der Waals surface area contributed by atoms with Crippen LogP contribution in [0.3, 0.4) is 0 Å². The van der Waals surface area contributed by atoms with Crippen molar-refractivity contribution in [1.82, 2.24) is 14.7 Å². The fourth-order valence-electron chi connectivity index (χ4n) is 2.75. The molecule has 2 atom stereocenters. The summed E-state index contributed by atoms with van der Waals surface area (Å²) in [7, 11) is 0. The molecule has 2 N–H and O–H groups in total. The monoisotopic (exact) mass is 266 g/mol. The summed E-state index contributed by atoms with van der Waals surface area (Å²) in [6.07, 6.45) is 6.77. The first kappa shape index (κ1) is 14.5. The minimum atomic E-state index is 0.245. The standard InChI is InChI=1S/C14H26N4O/c1-3-17(11-13-6-5-7-19-13)14(8-15)12-9-16-18(4-2)10-12/h9-10,13-14H,3-8,11,15H2,1-2H3. The maximum absolute atomic E-state index is 5.99. The molecule has 1 saturated heterocycles. The lowest BCUT2D eigenvalue weighted by Gasteiger charge is -2.31. The third-order valence-electron chi connectivity index (χ3n) is 3.89. The van der Waals surface area contributed by atoms with Crippen molar-refractivity contribution in [2.24, 2.45) is 5.73 Å². The van der Waals surface area contributed by atoms with Gasteiger partial charge in [-0.15, -0.1) is 0 Å². The van der Waals surface area contributed by atoms with Crippen molar-refractivity contribution in [3.63, 3.8) is 0 Å². The number of nitrogens with zero attached hydrogens (tertiary/aromatic N) is 3. The summed E-state index contributed by atoms with van der Waals surface area (Å²) in [4.78, 5) is 2.41. The van der Waals surface area contributed by atoms with E-state index in [2.05, 4.69) is 30.0 Å². The highest BCUT2D eigenvalue weighted by Crippen LogP contribution is 2.22. The average molecular weight is 266 g/mol. The minimum absolute atomic E-state index is 0.245. The third-order valence-corrected chi connectivity index (χ3v) is 3.89. The summed E-state index contributed by atoms with van der Waals surface area (Å²) in [6.45, 7) is 8.66. The van der Waals surface area contributed by atoms with Gasteiger partial charge in [-0.25, -0.2) is 0 Å². The van der Waals surface area contributed by atoms with Crippen LogP contribution < -0.4 is 5.73 Å². The second-order valence-corrected chi connectivity index (χ2v) is 5.10. The molecular weight excluding hydrogens is 240 g/mol. The molecule has 0 spiro atoms. The Hall–Kier alpha value is -0.910. The molecule has 1 aromatic rings. The first-order valence-corrected chi connectivity index (χ1v) is 7.36. The molecule has 0 amide bonds. The summed E-state index contributed by atoms with van der Waals surface area (Å²) in [5, 5.41) is 4.36. The molecule has 1 aliphatic heterocycles. The Morgan fingerprint density at radius 3 is 2.95 bits per heavy atom. The van der Waals surface area contributed by atoms with E-state index in [1.807, 2.05) is 10.9 Å². The molecule has 0 aromatic carbocycles. The predicted molar refractivity (Wildman–Crippen MR) is 75.9 cm³/mol. The maximum Gasteiger partial charge on any atom is 0.0703 e. The van der Waals surface area contributed by atoms with Gasteiger partial charge in [0.15, 0.2) is 0 Å². The van der Waals surface area contributed by atoms with Crippen LogP contribution in [0, 0.1) is 0 Å². The smallest absolute Gasteiger partial charge is 0.0703 e. The predicted octanol–water partition coefficient (Wildman–Crippen LogP) is 1.40. The lowest BCUT2D eigenvalue weighted by Crippen LogP contribution is -2.38. The molecule has 1 fully saturated rings. The zero-order valence-corrected chi connectivity index (χ0v) is 12.1. The van der Waals surface area contributed by atoms with Gasteiger partial charge < -0.3 is 10.5 Å². The molecule has 2 heterocycles. The van der Waals surface area contributed by atoms with E-state index in [-0.39, 0.29) is 6.04 Å². The zero-order valence-electron chi connectivity index (χ0n) is 12.1. The van der Waals surface area contributed by atoms with E-state index in [0.717, 1.165) is 26.2 Å². The summed E-state index contributed by atoms with van der Waals surface area (Å²) in [5.74, 6) is 0. The Bertz CT molecular complexity index is 373. The Morgan fingerprint density at radius 1 is 1.58 bits per heavy atom. The minimum Gasteiger partial charge on any atom is -0.377 e. The Labute approximate surface area is 115 Å². The van der Waals surface area contributed by atoms with Gasteiger partial charge in [0, 0.05) is 38.0 Å². The Kier molecular flexibility index (Phi) is 5.36. The van der Waals surface area contributed by atoms with Gasteiger partial charge in [-0.1, -0.05) is 6.92 Å². The van der Waals surface area contributed by atoms with E-state index in [1.165, 1.54) is 18.4 Å². The van der Waals surface area contributed by atoms with Crippen LogP contribution in [0.1, 0.15) is 38.3 Å². The molecule has 19 heavy (non-hydrogen) atoms. The fourth-order valence-corrected chi connectivity index (χ4v) is 2.75. The topological polar surface area (TPSA) is 56.3 Å². The molecule has 108 valence electrons. The molecule has 0 aliphatic carbocycles. The average Bonchev–Trinajstić information content (AvgIpc) is 3.09. The van der Waals surface area contributed by atoms with Crippen molar-refractivity contribution >= 4 is 0 Å². The summed E-state index contributed by atoms with van der Waals surface area (Å²) in [6, 6.07) is 0.245. The first-order chi connectivity index (χ1) is 9.28. The number of nitrogens with two attached hydrogens (primary N) is 1. The summed E-state index contributed by atoms with van der Waals surface area (Å²) < 4.78 is 7.70. The number of rotatable bonds is 7. The number of likely N-dealkylation sites (N-methyl/N-ethyl adjacent to an activating group) is 1. The molecule has 5 heteroatoms. The SMILES string of the molecule is CCN(CC1CCCO1)C(CN)c1cnn(CC)c1. The van der Waals surface area contributed by atoms with Crippen LogP contribution in [0.4, 0.5) is 0 Å². The van der Waals surface area contributed by atoms with Crippen LogP contribution in [0.2, 0.25) is 0 Å². The van der Waals surface area contributed by atoms with Gasteiger partial charge in [-0.2, -0.15) is 5.10 Å². The fraction of sp³-hybridized carbons (Fsp3) is 0.786. The molecule has 5 nitrogen and oxygen atoms in total. The highest BCUT2D eigenvalue weighted by molar-refractivity contribution is 5.11. The summed E-state index contributed by atoms with van der Waals surface area (Å²) >= 11 is 0. The third kappa shape index (κ3) is 3.55. The van der Waals surface area contributed by atoms with Crippen LogP contribution in [-0.4, -0.2) is 47.0 Å². The van der Waals surface area contributed by atoms with E-state index in [9.17, 15) is 0 Å². The first-order valence-electron chi connectivity index (χ1n) is 7.36. The molecule has 1 aliphatic rings. The highest BCUT2D eigenvalue weighted by atomic mass is 16.5. The van der Waals surface area contributed by atoms with E-state index in [0.29, 0.717) is 12.6 Å². The van der Waals surface area contributed by atoms with Crippen molar-refractivity contribution in [2.45, 2.75) is 45.4 Å². The second kappa shape index (κ2) is 7.03. The van der Waals surface area contributed by atoms with Gasteiger partial charge in [-0.3, -0.25) is 9.58 Å². The van der Waals surface area contributed by atoms with Crippen LogP contribution in [0.5, 0.6) is 0 Å². The van der Waals surface area contributed by atoms with Gasteiger partial charge in [-0.05, 0) is 26.3 Å². The lowest BCUT2D eigenvalue weighted by atomic mass is 10.1. The number of hydrogen-bond donors (Lipinski definition) is 1. The number of aromatic nitrogens is 2. The summed E-state index contributed by atoms with van der Waals surface area (Å²) in [5.41, 5.74) is 7.20. The molecule has 1 aromatic heterocycles. The maximum atomic E-state index is 5.99. The second-order valence-electron chi connectivity index (χ2n) is 5.10. The molecule has 2 rings (SSSR count). The number of ether oxygens (including phenoxy) is 1. The largest absolute Gasteiger partial charge is 0.377 e. The van der Waals surface area contributed by atoms with E-state index in [1.54, 1.807) is 0 Å². The van der Waals surface area contributed by atoms with E-state index < -0.39 is 0 Å². The van der Waals surface area contributed by atoms with E-state index in [4.69, 9.17) is 10.5 Å². The van der Waals surface area contributed by atoms with Crippen molar-refractivity contribution in [3.8, 4) is 0 Å². The molecule has 0 bridgehead atoms. The molecule has 0 radical (unpaired) electrons. The highest BCUT2D eigenvalue weighted by Gasteiger charge is 2.24.